The van der Waals surface area contributed by atoms with Gasteiger partial charge in [0.2, 0.25) is 5.95 Å². The second-order valence-electron chi connectivity index (χ2n) is 5.34. The van der Waals surface area contributed by atoms with E-state index in [0.717, 1.165) is 41.6 Å². The van der Waals surface area contributed by atoms with Crippen molar-refractivity contribution in [3.63, 3.8) is 0 Å². The van der Waals surface area contributed by atoms with Gasteiger partial charge in [-0.05, 0) is 42.7 Å². The normalized spacial score (nSPS) is 14.5. The molecule has 0 atom stereocenters. The molecule has 3 aromatic rings. The van der Waals surface area contributed by atoms with Gasteiger partial charge in [0.15, 0.2) is 5.76 Å². The topological polar surface area (TPSA) is 55.1 Å². The molecule has 1 aliphatic rings. The van der Waals surface area contributed by atoms with E-state index >= 15 is 0 Å². The number of anilines is 1. The fourth-order valence-electron chi connectivity index (χ4n) is 2.79. The Bertz CT molecular complexity index is 750. The number of nitrogens with zero attached hydrogens (tertiary/aromatic N) is 4. The number of hydrogen-bond donors (Lipinski definition) is 0. The molecule has 0 spiro atoms. The van der Waals surface area contributed by atoms with Crippen LogP contribution in [-0.4, -0.2) is 28.0 Å². The lowest BCUT2D eigenvalue weighted by atomic mass is 10.1. The minimum atomic E-state index is 0.759. The molecule has 0 amide bonds. The van der Waals surface area contributed by atoms with E-state index in [0.29, 0.717) is 0 Å². The van der Waals surface area contributed by atoms with Crippen molar-refractivity contribution >= 4 is 5.95 Å². The number of pyridine rings is 1. The highest BCUT2D eigenvalue weighted by molar-refractivity contribution is 5.78. The second kappa shape index (κ2) is 5.60. The van der Waals surface area contributed by atoms with E-state index < -0.39 is 0 Å². The lowest BCUT2D eigenvalue weighted by Crippen LogP contribution is -2.20. The molecule has 0 radical (unpaired) electrons. The van der Waals surface area contributed by atoms with Gasteiger partial charge in [-0.2, -0.15) is 0 Å². The average molecular weight is 292 g/mol. The zero-order valence-electron chi connectivity index (χ0n) is 12.1. The summed E-state index contributed by atoms with van der Waals surface area (Å²) in [6.45, 7) is 2.04. The van der Waals surface area contributed by atoms with E-state index in [9.17, 15) is 0 Å². The molecule has 5 nitrogen and oxygen atoms in total. The Balaban J connectivity index is 1.84. The van der Waals surface area contributed by atoms with Crippen LogP contribution in [0.4, 0.5) is 5.95 Å². The summed E-state index contributed by atoms with van der Waals surface area (Å²) < 4.78 is 5.57. The van der Waals surface area contributed by atoms with Crippen molar-refractivity contribution in [2.45, 2.75) is 12.8 Å². The fraction of sp³-hybridized carbons (Fsp3) is 0.235. The molecule has 3 aromatic heterocycles. The fourth-order valence-corrected chi connectivity index (χ4v) is 2.79. The Morgan fingerprint density at radius 1 is 1.05 bits per heavy atom. The van der Waals surface area contributed by atoms with Crippen LogP contribution in [0.1, 0.15) is 12.8 Å². The zero-order valence-corrected chi connectivity index (χ0v) is 12.1. The molecule has 4 rings (SSSR count). The van der Waals surface area contributed by atoms with Gasteiger partial charge in [-0.15, -0.1) is 0 Å². The first-order valence-corrected chi connectivity index (χ1v) is 7.48. The summed E-state index contributed by atoms with van der Waals surface area (Å²) in [5.74, 6) is 1.54. The maximum Gasteiger partial charge on any atom is 0.226 e. The van der Waals surface area contributed by atoms with E-state index in [2.05, 4.69) is 14.9 Å². The summed E-state index contributed by atoms with van der Waals surface area (Å²) in [5.41, 5.74) is 2.82. The van der Waals surface area contributed by atoms with E-state index in [1.54, 1.807) is 18.7 Å². The Labute approximate surface area is 128 Å². The van der Waals surface area contributed by atoms with Gasteiger partial charge in [-0.25, -0.2) is 9.97 Å². The third-order valence-electron chi connectivity index (χ3n) is 3.91. The van der Waals surface area contributed by atoms with Crippen LogP contribution >= 0.6 is 0 Å². The molecule has 1 saturated heterocycles. The third-order valence-corrected chi connectivity index (χ3v) is 3.91. The highest BCUT2D eigenvalue weighted by Crippen LogP contribution is 2.31. The molecule has 1 fully saturated rings. The predicted molar refractivity (Wildman–Crippen MR) is 84.4 cm³/mol. The maximum atomic E-state index is 5.57. The summed E-state index contributed by atoms with van der Waals surface area (Å²) >= 11 is 0. The smallest absolute Gasteiger partial charge is 0.226 e. The first-order valence-electron chi connectivity index (χ1n) is 7.48. The van der Waals surface area contributed by atoms with Crippen molar-refractivity contribution in [1.29, 1.82) is 0 Å². The Hall–Kier alpha value is -2.69. The van der Waals surface area contributed by atoms with Gasteiger partial charge in [0, 0.05) is 37.2 Å². The SMILES string of the molecule is c1coc(-c2nc(N3CCCC3)ncc2-c2ccncc2)c1. The van der Waals surface area contributed by atoms with Crippen molar-refractivity contribution < 1.29 is 4.42 Å². The summed E-state index contributed by atoms with van der Waals surface area (Å²) in [6, 6.07) is 7.73. The van der Waals surface area contributed by atoms with Crippen LogP contribution in [0.25, 0.3) is 22.6 Å². The van der Waals surface area contributed by atoms with Crippen LogP contribution in [-0.2, 0) is 0 Å². The number of aromatic nitrogens is 3. The van der Waals surface area contributed by atoms with Gasteiger partial charge < -0.3 is 9.32 Å². The lowest BCUT2D eigenvalue weighted by Gasteiger charge is -2.16. The van der Waals surface area contributed by atoms with Crippen molar-refractivity contribution in [1.82, 2.24) is 15.0 Å². The molecule has 0 bridgehead atoms. The summed E-state index contributed by atoms with van der Waals surface area (Å²) in [6.07, 6.45) is 9.50. The van der Waals surface area contributed by atoms with Crippen molar-refractivity contribution in [2.75, 3.05) is 18.0 Å². The van der Waals surface area contributed by atoms with Gasteiger partial charge >= 0.3 is 0 Å². The molecule has 110 valence electrons. The molecule has 22 heavy (non-hydrogen) atoms. The Kier molecular flexibility index (Phi) is 3.31. The first-order chi connectivity index (χ1) is 10.9. The second-order valence-corrected chi connectivity index (χ2v) is 5.34. The molecule has 0 saturated carbocycles. The monoisotopic (exact) mass is 292 g/mol. The Morgan fingerprint density at radius 2 is 1.86 bits per heavy atom. The molecule has 1 aliphatic heterocycles. The largest absolute Gasteiger partial charge is 0.463 e. The van der Waals surface area contributed by atoms with Crippen LogP contribution in [0.2, 0.25) is 0 Å². The average Bonchev–Trinajstić information content (AvgIpc) is 3.29. The van der Waals surface area contributed by atoms with Gasteiger partial charge in [0.05, 0.1) is 6.26 Å². The highest BCUT2D eigenvalue weighted by atomic mass is 16.3. The van der Waals surface area contributed by atoms with Crippen LogP contribution < -0.4 is 4.90 Å². The van der Waals surface area contributed by atoms with Gasteiger partial charge in [-0.1, -0.05) is 0 Å². The van der Waals surface area contributed by atoms with Crippen LogP contribution in [0.3, 0.4) is 0 Å². The predicted octanol–water partition coefficient (Wildman–Crippen LogP) is 3.40. The zero-order chi connectivity index (χ0) is 14.8. The minimum absolute atomic E-state index is 0.759. The summed E-state index contributed by atoms with van der Waals surface area (Å²) in [5, 5.41) is 0. The third kappa shape index (κ3) is 2.35. The summed E-state index contributed by atoms with van der Waals surface area (Å²) in [4.78, 5) is 15.6. The van der Waals surface area contributed by atoms with Crippen molar-refractivity contribution in [3.8, 4) is 22.6 Å². The Morgan fingerprint density at radius 3 is 2.59 bits per heavy atom. The molecule has 0 aromatic carbocycles. The molecule has 0 aliphatic carbocycles. The molecule has 0 N–H and O–H groups in total. The van der Waals surface area contributed by atoms with Crippen LogP contribution in [0.15, 0.2) is 53.5 Å². The summed E-state index contributed by atoms with van der Waals surface area (Å²) in [7, 11) is 0. The minimum Gasteiger partial charge on any atom is -0.463 e. The standard InChI is InChI=1S/C17H16N4O/c1-2-10-21(9-1)17-19-12-14(13-5-7-18-8-6-13)16(20-17)15-4-3-11-22-15/h3-8,11-12H,1-2,9-10H2. The van der Waals surface area contributed by atoms with E-state index in [1.165, 1.54) is 12.8 Å². The molecule has 0 unspecified atom stereocenters. The van der Waals surface area contributed by atoms with Crippen LogP contribution in [0.5, 0.6) is 0 Å². The maximum absolute atomic E-state index is 5.57. The van der Waals surface area contributed by atoms with Crippen molar-refractivity contribution in [3.05, 3.63) is 49.1 Å². The van der Waals surface area contributed by atoms with E-state index in [-0.39, 0.29) is 0 Å². The van der Waals surface area contributed by atoms with Gasteiger partial charge in [0.1, 0.15) is 5.69 Å². The van der Waals surface area contributed by atoms with Crippen molar-refractivity contribution in [2.24, 2.45) is 0 Å². The van der Waals surface area contributed by atoms with Gasteiger partial charge in [-0.3, -0.25) is 4.98 Å². The van der Waals surface area contributed by atoms with E-state index in [1.807, 2.05) is 30.5 Å². The van der Waals surface area contributed by atoms with E-state index in [4.69, 9.17) is 9.40 Å². The van der Waals surface area contributed by atoms with Crippen LogP contribution in [0, 0.1) is 0 Å². The molecular formula is C17H16N4O. The first kappa shape index (κ1) is 13.0. The van der Waals surface area contributed by atoms with Gasteiger partial charge in [0.25, 0.3) is 0 Å². The highest BCUT2D eigenvalue weighted by Gasteiger charge is 2.19. The molecule has 4 heterocycles. The quantitative estimate of drug-likeness (QED) is 0.740. The lowest BCUT2D eigenvalue weighted by molar-refractivity contribution is 0.580. The molecule has 5 heteroatoms. The number of hydrogen-bond acceptors (Lipinski definition) is 5. The molecular weight excluding hydrogens is 276 g/mol. The number of furan rings is 1. The number of rotatable bonds is 3.